The molecule has 6 atom stereocenters. The smallest absolute Gasteiger partial charge is 0.380 e. The second-order valence-electron chi connectivity index (χ2n) is 27.5. The minimum absolute atomic E-state index is 0.134. The second-order valence-corrected chi connectivity index (χ2v) is 30.4. The van der Waals surface area contributed by atoms with E-state index in [9.17, 15) is 33.9 Å². The van der Waals surface area contributed by atoms with Gasteiger partial charge in [-0.05, 0) is 38.5 Å². The number of carbonyl (C=O) groups excluding carboxylic acids is 1. The van der Waals surface area contributed by atoms with Crippen molar-refractivity contribution >= 4 is 21.7 Å². The maximum Gasteiger partial charge on any atom is 0.472 e. The van der Waals surface area contributed by atoms with Gasteiger partial charge in [0.05, 0.1) is 51.7 Å². The first-order valence-electron chi connectivity index (χ1n) is 40.2. The van der Waals surface area contributed by atoms with Crippen LogP contribution in [0.3, 0.4) is 0 Å². The lowest BCUT2D eigenvalue weighted by molar-refractivity contribution is 0.0399. The molecule has 0 bridgehead atoms. The zero-order valence-electron chi connectivity index (χ0n) is 61.8. The molecular formula is C75H156N4O13P2. The number of aliphatic hydroxyl groups excluding tert-OH is 2. The highest BCUT2D eigenvalue weighted by Crippen LogP contribution is 2.44. The Morgan fingerprint density at radius 1 is 0.298 bits per heavy atom. The molecule has 8 N–H and O–H groups in total. The standard InChI is InChI=1S/C75H156N4O13P2/c1-5-9-13-17-21-25-29-31-33-35-37-41-45-49-53-57-63-87-67-71(78-73(80)59-55-51-47-43-39-27-23-19-15-11-7-3)69-91-93(83,84)89-65-61-76-75(82)77-62-66-90-94(85,86)92-70-72(79-74(81)60-56-52-48-44-40-28-24-20-16-12-8-4)68-88-64-58-54-50-46-42-38-36-34-32-30-26-22-18-14-10-6-2/h71-74,78-81H,5-70H2,1-4H3,(H,83,84)(H,85,86)(H2,76,77,82). The first-order valence-corrected chi connectivity index (χ1v) is 43.2. The lowest BCUT2D eigenvalue weighted by Gasteiger charge is -2.24. The van der Waals surface area contributed by atoms with Crippen LogP contribution in [0.1, 0.15) is 387 Å². The monoisotopic (exact) mass is 1380 g/mol. The number of phosphoric acid groups is 2. The predicted octanol–water partition coefficient (Wildman–Crippen LogP) is 21.1. The average Bonchev–Trinajstić information content (AvgIpc) is 3.75. The summed E-state index contributed by atoms with van der Waals surface area (Å²) in [5.41, 5.74) is 0. The summed E-state index contributed by atoms with van der Waals surface area (Å²) in [6.45, 7) is 9.09. The summed E-state index contributed by atoms with van der Waals surface area (Å²) in [7, 11) is -9.10. The third kappa shape index (κ3) is 72.5. The molecule has 0 aliphatic rings. The van der Waals surface area contributed by atoms with Gasteiger partial charge < -0.3 is 40.1 Å². The van der Waals surface area contributed by atoms with Crippen molar-refractivity contribution in [2.45, 2.75) is 412 Å². The Morgan fingerprint density at radius 2 is 0.511 bits per heavy atom. The minimum Gasteiger partial charge on any atom is -0.380 e. The molecule has 0 radical (unpaired) electrons. The van der Waals surface area contributed by atoms with E-state index >= 15 is 0 Å². The Balaban J connectivity index is 4.86. The van der Waals surface area contributed by atoms with Crippen LogP contribution in [0.15, 0.2) is 0 Å². The number of nitrogens with one attached hydrogen (secondary N) is 4. The molecule has 0 aromatic rings. The fraction of sp³-hybridized carbons (Fsp3) is 0.987. The Kier molecular flexibility index (Phi) is 72.9. The van der Waals surface area contributed by atoms with Crippen LogP contribution in [-0.4, -0.2) is 117 Å². The van der Waals surface area contributed by atoms with Gasteiger partial charge in [-0.3, -0.25) is 28.7 Å². The van der Waals surface area contributed by atoms with Gasteiger partial charge in [0.25, 0.3) is 0 Å². The van der Waals surface area contributed by atoms with Crippen LogP contribution in [-0.2, 0) is 36.7 Å². The Morgan fingerprint density at radius 3 is 0.745 bits per heavy atom. The maximum absolute atomic E-state index is 13.0. The SMILES string of the molecule is CCCCCCCCCCCCCCCCCCOCC(COP(=O)(O)OCCNC(=O)NCCOP(=O)(O)OCC(COCCCCCCCCCCCCCCCCCC)NC(O)CCCCCCCCCCCCC)NC(O)CCCCCCCCCCCCC. The first kappa shape index (κ1) is 93.2. The van der Waals surface area contributed by atoms with E-state index < -0.39 is 46.2 Å². The van der Waals surface area contributed by atoms with E-state index in [1.807, 2.05) is 0 Å². The van der Waals surface area contributed by atoms with Crippen molar-refractivity contribution in [2.75, 3.05) is 65.9 Å². The summed E-state index contributed by atoms with van der Waals surface area (Å²) in [4.78, 5) is 33.7. The Bertz CT molecular complexity index is 1520. The molecule has 0 aromatic heterocycles. The molecule has 0 aliphatic heterocycles. The van der Waals surface area contributed by atoms with E-state index in [0.29, 0.717) is 26.1 Å². The molecule has 2 amide bonds. The van der Waals surface area contributed by atoms with Crippen molar-refractivity contribution in [1.29, 1.82) is 0 Å². The van der Waals surface area contributed by atoms with Crippen molar-refractivity contribution < 1.29 is 61.5 Å². The number of urea groups is 1. The number of ether oxygens (including phenoxy) is 2. The maximum atomic E-state index is 13.0. The number of rotatable bonds is 80. The van der Waals surface area contributed by atoms with Gasteiger partial charge in [-0.15, -0.1) is 0 Å². The molecule has 0 heterocycles. The molecule has 17 nitrogen and oxygen atoms in total. The van der Waals surface area contributed by atoms with Crippen LogP contribution in [0.4, 0.5) is 4.79 Å². The molecule has 0 saturated heterocycles. The summed E-state index contributed by atoms with van der Waals surface area (Å²) >= 11 is 0. The van der Waals surface area contributed by atoms with Crippen LogP contribution in [0.2, 0.25) is 0 Å². The molecule has 19 heteroatoms. The molecule has 0 aliphatic carbocycles. The quantitative estimate of drug-likeness (QED) is 0.0161. The van der Waals surface area contributed by atoms with Gasteiger partial charge >= 0.3 is 21.7 Å². The third-order valence-corrected chi connectivity index (χ3v) is 20.1. The normalized spacial score (nSPS) is 14.5. The van der Waals surface area contributed by atoms with E-state index in [4.69, 9.17) is 27.6 Å². The summed E-state index contributed by atoms with van der Waals surface area (Å²) in [6.07, 6.45) is 67.4. The molecule has 6 unspecified atom stereocenters. The largest absolute Gasteiger partial charge is 0.472 e. The molecular weight excluding hydrogens is 1230 g/mol. The fourth-order valence-corrected chi connectivity index (χ4v) is 13.6. The van der Waals surface area contributed by atoms with Crippen molar-refractivity contribution in [2.24, 2.45) is 0 Å². The third-order valence-electron chi connectivity index (χ3n) is 18.1. The molecule has 0 saturated carbocycles. The lowest BCUT2D eigenvalue weighted by Crippen LogP contribution is -2.44. The number of amides is 2. The van der Waals surface area contributed by atoms with Crippen molar-refractivity contribution in [3.8, 4) is 0 Å². The van der Waals surface area contributed by atoms with Gasteiger partial charge in [-0.2, -0.15) is 0 Å². The zero-order valence-corrected chi connectivity index (χ0v) is 63.6. The molecule has 0 spiro atoms. The molecule has 0 rings (SSSR count). The zero-order chi connectivity index (χ0) is 68.6. The van der Waals surface area contributed by atoms with E-state index in [-0.39, 0.29) is 52.7 Å². The first-order chi connectivity index (χ1) is 45.9. The highest BCUT2D eigenvalue weighted by molar-refractivity contribution is 7.47. The number of aliphatic hydroxyl groups is 2. The summed E-state index contributed by atoms with van der Waals surface area (Å²) in [6, 6.07) is -1.77. The van der Waals surface area contributed by atoms with Crippen LogP contribution in [0, 0.1) is 0 Å². The highest BCUT2D eigenvalue weighted by Gasteiger charge is 2.26. The van der Waals surface area contributed by atoms with E-state index in [1.165, 1.54) is 283 Å². The van der Waals surface area contributed by atoms with Gasteiger partial charge in [0.15, 0.2) is 0 Å². The topological polar surface area (TPSA) is 236 Å². The second kappa shape index (κ2) is 73.5. The average molecular weight is 1380 g/mol. The highest BCUT2D eigenvalue weighted by atomic mass is 31.2. The van der Waals surface area contributed by atoms with Crippen LogP contribution in [0.5, 0.6) is 0 Å². The number of hydrogen-bond donors (Lipinski definition) is 8. The summed E-state index contributed by atoms with van der Waals surface area (Å²) in [5.74, 6) is 0. The number of unbranched alkanes of at least 4 members (excludes halogenated alkanes) is 50. The van der Waals surface area contributed by atoms with Gasteiger partial charge in [0, 0.05) is 26.3 Å². The summed E-state index contributed by atoms with van der Waals surface area (Å²) < 4.78 is 59.1. The lowest BCUT2D eigenvalue weighted by atomic mass is 10.0. The van der Waals surface area contributed by atoms with Gasteiger partial charge in [0.1, 0.15) is 12.5 Å². The number of phosphoric ester groups is 2. The van der Waals surface area contributed by atoms with Gasteiger partial charge in [-0.25, -0.2) is 13.9 Å². The van der Waals surface area contributed by atoms with E-state index in [2.05, 4.69) is 49.0 Å². The fourth-order valence-electron chi connectivity index (χ4n) is 12.1. The molecule has 564 valence electrons. The number of hydrogen-bond acceptors (Lipinski definition) is 13. The van der Waals surface area contributed by atoms with Crippen molar-refractivity contribution in [1.82, 2.24) is 21.3 Å². The van der Waals surface area contributed by atoms with Gasteiger partial charge in [0.2, 0.25) is 0 Å². The van der Waals surface area contributed by atoms with Crippen LogP contribution >= 0.6 is 15.6 Å². The van der Waals surface area contributed by atoms with Crippen molar-refractivity contribution in [3.63, 3.8) is 0 Å². The van der Waals surface area contributed by atoms with Gasteiger partial charge in [-0.1, -0.05) is 349 Å². The van der Waals surface area contributed by atoms with Crippen molar-refractivity contribution in [3.05, 3.63) is 0 Å². The van der Waals surface area contributed by atoms with Crippen LogP contribution in [0.25, 0.3) is 0 Å². The molecule has 0 aromatic carbocycles. The minimum atomic E-state index is -4.55. The summed E-state index contributed by atoms with van der Waals surface area (Å²) in [5, 5.41) is 33.2. The molecule has 94 heavy (non-hydrogen) atoms. The number of carbonyl (C=O) groups is 1. The van der Waals surface area contributed by atoms with E-state index in [0.717, 1.165) is 64.2 Å². The van der Waals surface area contributed by atoms with Crippen LogP contribution < -0.4 is 21.3 Å². The molecule has 0 fully saturated rings. The Labute approximate surface area is 579 Å². The Hall–Kier alpha value is -0.750. The predicted molar refractivity (Wildman–Crippen MR) is 394 cm³/mol. The van der Waals surface area contributed by atoms with E-state index in [1.54, 1.807) is 0 Å².